The average molecular weight is 239 g/mol. The van der Waals surface area contributed by atoms with Gasteiger partial charge in [0, 0.05) is 26.1 Å². The Bertz CT molecular complexity index is 300. The van der Waals surface area contributed by atoms with Crippen molar-refractivity contribution in [2.75, 3.05) is 32.8 Å². The van der Waals surface area contributed by atoms with Crippen molar-refractivity contribution in [2.24, 2.45) is 0 Å². The third kappa shape index (κ3) is 2.77. The van der Waals surface area contributed by atoms with E-state index in [1.165, 1.54) is 0 Å². The summed E-state index contributed by atoms with van der Waals surface area (Å²) in [6.07, 6.45) is 2.97. The molecule has 1 amide bonds. The molecule has 0 aliphatic carbocycles. The highest BCUT2D eigenvalue weighted by Gasteiger charge is 2.29. The van der Waals surface area contributed by atoms with Crippen LogP contribution in [0, 0.1) is 5.41 Å². The van der Waals surface area contributed by atoms with E-state index >= 15 is 0 Å². The van der Waals surface area contributed by atoms with Crippen LogP contribution < -0.4 is 0 Å². The van der Waals surface area contributed by atoms with Gasteiger partial charge in [-0.25, -0.2) is 0 Å². The molecule has 2 fully saturated rings. The molecule has 5 nitrogen and oxygen atoms in total. The van der Waals surface area contributed by atoms with Gasteiger partial charge in [-0.05, 0) is 19.8 Å². The largest absolute Gasteiger partial charge is 0.378 e. The van der Waals surface area contributed by atoms with Gasteiger partial charge in [-0.15, -0.1) is 0 Å². The molecule has 1 atom stereocenters. The lowest BCUT2D eigenvalue weighted by Gasteiger charge is -2.37. The number of amidine groups is 1. The molecule has 2 saturated heterocycles. The zero-order chi connectivity index (χ0) is 12.3. The van der Waals surface area contributed by atoms with Crippen molar-refractivity contribution >= 4 is 11.7 Å². The third-order valence-corrected chi connectivity index (χ3v) is 3.56. The van der Waals surface area contributed by atoms with Crippen molar-refractivity contribution in [1.29, 1.82) is 5.41 Å². The molecule has 0 aromatic heterocycles. The van der Waals surface area contributed by atoms with Crippen LogP contribution in [0.25, 0.3) is 0 Å². The van der Waals surface area contributed by atoms with Crippen LogP contribution in [0.15, 0.2) is 0 Å². The van der Waals surface area contributed by atoms with E-state index in [2.05, 4.69) is 0 Å². The first-order valence-electron chi connectivity index (χ1n) is 6.41. The van der Waals surface area contributed by atoms with Crippen LogP contribution in [0.2, 0.25) is 0 Å². The Morgan fingerprint density at radius 3 is 2.65 bits per heavy atom. The summed E-state index contributed by atoms with van der Waals surface area (Å²) in [6.45, 7) is 5.40. The van der Waals surface area contributed by atoms with Crippen LogP contribution in [0.5, 0.6) is 0 Å². The fraction of sp³-hybridized carbons (Fsp3) is 0.833. The predicted molar refractivity (Wildman–Crippen MR) is 65.1 cm³/mol. The molecule has 2 aliphatic heterocycles. The van der Waals surface area contributed by atoms with Gasteiger partial charge in [0.15, 0.2) is 0 Å². The molecule has 96 valence electrons. The first-order valence-corrected chi connectivity index (χ1v) is 6.41. The van der Waals surface area contributed by atoms with Gasteiger partial charge in [0.2, 0.25) is 5.91 Å². The van der Waals surface area contributed by atoms with Crippen molar-refractivity contribution in [2.45, 2.75) is 32.2 Å². The normalized spacial score (nSPS) is 23.7. The van der Waals surface area contributed by atoms with Gasteiger partial charge in [-0.2, -0.15) is 0 Å². The van der Waals surface area contributed by atoms with Crippen LogP contribution in [-0.2, 0) is 9.53 Å². The minimum Gasteiger partial charge on any atom is -0.378 e. The quantitative estimate of drug-likeness (QED) is 0.771. The Morgan fingerprint density at radius 2 is 2.00 bits per heavy atom. The van der Waals surface area contributed by atoms with Gasteiger partial charge < -0.3 is 14.5 Å². The number of ether oxygens (including phenoxy) is 1. The molecule has 0 bridgehead atoms. The van der Waals surface area contributed by atoms with Crippen LogP contribution in [-0.4, -0.2) is 60.4 Å². The lowest BCUT2D eigenvalue weighted by molar-refractivity contribution is -0.139. The van der Waals surface area contributed by atoms with Gasteiger partial charge >= 0.3 is 0 Å². The lowest BCUT2D eigenvalue weighted by atomic mass is 10.1. The molecule has 5 heteroatoms. The Balaban J connectivity index is 1.95. The number of carbonyl (C=O) groups excluding carboxylic acids is 1. The summed E-state index contributed by atoms with van der Waals surface area (Å²) in [4.78, 5) is 16.1. The first-order chi connectivity index (χ1) is 8.20. The fourth-order valence-electron chi connectivity index (χ4n) is 2.46. The van der Waals surface area contributed by atoms with Crippen molar-refractivity contribution in [1.82, 2.24) is 9.80 Å². The number of carbonyl (C=O) groups is 1. The average Bonchev–Trinajstić information content (AvgIpc) is 2.39. The minimum atomic E-state index is -0.194. The van der Waals surface area contributed by atoms with Crippen LogP contribution >= 0.6 is 0 Å². The maximum atomic E-state index is 12.3. The van der Waals surface area contributed by atoms with Crippen molar-refractivity contribution < 1.29 is 9.53 Å². The molecule has 2 heterocycles. The van der Waals surface area contributed by atoms with Gasteiger partial charge in [0.25, 0.3) is 0 Å². The first kappa shape index (κ1) is 12.4. The molecule has 17 heavy (non-hydrogen) atoms. The molecule has 0 aromatic rings. The van der Waals surface area contributed by atoms with Gasteiger partial charge in [-0.1, -0.05) is 0 Å². The second kappa shape index (κ2) is 5.49. The topological polar surface area (TPSA) is 56.6 Å². The maximum Gasteiger partial charge on any atom is 0.245 e. The second-order valence-electron chi connectivity index (χ2n) is 4.71. The van der Waals surface area contributed by atoms with Gasteiger partial charge in [0.05, 0.1) is 19.0 Å². The molecular weight excluding hydrogens is 218 g/mol. The fourth-order valence-corrected chi connectivity index (χ4v) is 2.46. The highest BCUT2D eigenvalue weighted by atomic mass is 16.5. The van der Waals surface area contributed by atoms with E-state index in [1.54, 1.807) is 0 Å². The standard InChI is InChI=1S/C12H21N3O2/c1-10(15-5-3-2-4-11(15)13)12(16)14-6-8-17-9-7-14/h10,13H,2-9H2,1H3. The monoisotopic (exact) mass is 239 g/mol. The lowest BCUT2D eigenvalue weighted by Crippen LogP contribution is -2.53. The number of amides is 1. The molecule has 2 rings (SSSR count). The van der Waals surface area contributed by atoms with E-state index in [-0.39, 0.29) is 11.9 Å². The van der Waals surface area contributed by atoms with E-state index in [4.69, 9.17) is 10.1 Å². The smallest absolute Gasteiger partial charge is 0.245 e. The summed E-state index contributed by atoms with van der Waals surface area (Å²) in [5.41, 5.74) is 0. The zero-order valence-electron chi connectivity index (χ0n) is 10.4. The second-order valence-corrected chi connectivity index (χ2v) is 4.71. The van der Waals surface area contributed by atoms with Crippen molar-refractivity contribution in [3.05, 3.63) is 0 Å². The number of hydrogen-bond donors (Lipinski definition) is 1. The Labute approximate surface area is 102 Å². The van der Waals surface area contributed by atoms with Crippen LogP contribution in [0.3, 0.4) is 0 Å². The number of morpholine rings is 1. The summed E-state index contributed by atoms with van der Waals surface area (Å²) in [5, 5.41) is 7.91. The number of rotatable bonds is 2. The molecular formula is C12H21N3O2. The third-order valence-electron chi connectivity index (χ3n) is 3.56. The molecule has 0 saturated carbocycles. The summed E-state index contributed by atoms with van der Waals surface area (Å²) >= 11 is 0. The number of likely N-dealkylation sites (tertiary alicyclic amines) is 1. The maximum absolute atomic E-state index is 12.3. The minimum absolute atomic E-state index is 0.139. The van der Waals surface area contributed by atoms with E-state index < -0.39 is 0 Å². The van der Waals surface area contributed by atoms with Crippen LogP contribution in [0.4, 0.5) is 0 Å². The highest BCUT2D eigenvalue weighted by molar-refractivity contribution is 5.88. The zero-order valence-corrected chi connectivity index (χ0v) is 10.4. The highest BCUT2D eigenvalue weighted by Crippen LogP contribution is 2.15. The molecule has 0 aromatic carbocycles. The Hall–Kier alpha value is -1.10. The molecule has 1 unspecified atom stereocenters. The van der Waals surface area contributed by atoms with E-state index in [9.17, 15) is 4.79 Å². The van der Waals surface area contributed by atoms with Gasteiger partial charge in [0.1, 0.15) is 6.04 Å². The van der Waals surface area contributed by atoms with E-state index in [1.807, 2.05) is 16.7 Å². The van der Waals surface area contributed by atoms with E-state index in [0.717, 1.165) is 25.8 Å². The summed E-state index contributed by atoms with van der Waals surface area (Å²) in [5.74, 6) is 0.755. The number of nitrogens with one attached hydrogen (secondary N) is 1. The molecule has 0 radical (unpaired) electrons. The van der Waals surface area contributed by atoms with Gasteiger partial charge in [-0.3, -0.25) is 10.2 Å². The summed E-state index contributed by atoms with van der Waals surface area (Å²) < 4.78 is 5.25. The van der Waals surface area contributed by atoms with Crippen molar-refractivity contribution in [3.63, 3.8) is 0 Å². The summed E-state index contributed by atoms with van der Waals surface area (Å²) in [6, 6.07) is -0.194. The van der Waals surface area contributed by atoms with Crippen LogP contribution in [0.1, 0.15) is 26.2 Å². The Kier molecular flexibility index (Phi) is 3.99. The summed E-state index contributed by atoms with van der Waals surface area (Å²) in [7, 11) is 0. The number of nitrogens with zero attached hydrogens (tertiary/aromatic N) is 2. The van der Waals surface area contributed by atoms with E-state index in [0.29, 0.717) is 32.1 Å². The molecule has 1 N–H and O–H groups in total. The SMILES string of the molecule is CC(C(=O)N1CCOCC1)N1CCCCC1=N. The molecule has 2 aliphatic rings. The predicted octanol–water partition coefficient (Wildman–Crippen LogP) is 0.697. The Morgan fingerprint density at radius 1 is 1.29 bits per heavy atom. The number of hydrogen-bond acceptors (Lipinski definition) is 3. The molecule has 0 spiro atoms. The number of piperidine rings is 1. The van der Waals surface area contributed by atoms with Crippen molar-refractivity contribution in [3.8, 4) is 0 Å².